The minimum Gasteiger partial charge on any atom is -0.326 e. The summed E-state index contributed by atoms with van der Waals surface area (Å²) in [6.07, 6.45) is 5.89. The van der Waals surface area contributed by atoms with Gasteiger partial charge in [-0.05, 0) is 48.1 Å². The molecule has 0 amide bonds. The zero-order chi connectivity index (χ0) is 22.5. The normalized spacial score (nSPS) is 19.7. The van der Waals surface area contributed by atoms with Crippen molar-refractivity contribution in [3.8, 4) is 11.3 Å². The van der Waals surface area contributed by atoms with Crippen molar-refractivity contribution < 1.29 is 8.42 Å². The van der Waals surface area contributed by atoms with Crippen molar-refractivity contribution in [2.75, 3.05) is 30.8 Å². The molecule has 1 N–H and O–H groups in total. The number of fused-ring (bicyclic) bond motifs is 2. The van der Waals surface area contributed by atoms with Crippen LogP contribution in [-0.2, 0) is 10.0 Å². The lowest BCUT2D eigenvalue weighted by atomic mass is 9.87. The molecule has 2 aromatic carbocycles. The molecule has 0 saturated carbocycles. The molecule has 1 aromatic heterocycles. The molecule has 5 rings (SSSR count). The molecule has 6 nitrogen and oxygen atoms in total. The van der Waals surface area contributed by atoms with Crippen molar-refractivity contribution in [2.24, 2.45) is 5.92 Å². The lowest BCUT2D eigenvalue weighted by molar-refractivity contribution is 0.371. The lowest BCUT2D eigenvalue weighted by Crippen LogP contribution is -2.48. The predicted molar refractivity (Wildman–Crippen MR) is 130 cm³/mol. The Morgan fingerprint density at radius 3 is 2.66 bits per heavy atom. The number of aromatic nitrogens is 1. The Hall–Kier alpha value is -3.03. The van der Waals surface area contributed by atoms with Crippen LogP contribution in [0.4, 0.5) is 5.69 Å². The first-order chi connectivity index (χ1) is 15.3. The first-order valence-corrected chi connectivity index (χ1v) is 12.6. The van der Waals surface area contributed by atoms with Crippen molar-refractivity contribution in [1.82, 2.24) is 9.29 Å². The Labute approximate surface area is 188 Å². The van der Waals surface area contributed by atoms with E-state index in [0.29, 0.717) is 31.9 Å². The van der Waals surface area contributed by atoms with Crippen molar-refractivity contribution in [2.45, 2.75) is 13.3 Å². The summed E-state index contributed by atoms with van der Waals surface area (Å²) in [7, 11) is -3.21. The number of amidine groups is 1. The van der Waals surface area contributed by atoms with E-state index >= 15 is 0 Å². The number of hydrogen-bond acceptors (Lipinski definition) is 4. The molecule has 2 aliphatic rings. The van der Waals surface area contributed by atoms with E-state index in [1.807, 2.05) is 23.2 Å². The first-order valence-electron chi connectivity index (χ1n) is 10.8. The van der Waals surface area contributed by atoms with Gasteiger partial charge in [0.2, 0.25) is 10.0 Å². The van der Waals surface area contributed by atoms with Crippen LogP contribution in [0.2, 0.25) is 0 Å². The highest BCUT2D eigenvalue weighted by molar-refractivity contribution is 7.88. The summed E-state index contributed by atoms with van der Waals surface area (Å²) in [6, 6.07) is 16.6. The van der Waals surface area contributed by atoms with E-state index < -0.39 is 10.0 Å². The summed E-state index contributed by atoms with van der Waals surface area (Å²) in [5, 5.41) is 11.1. The number of sulfonamides is 1. The van der Waals surface area contributed by atoms with Crippen LogP contribution >= 0.6 is 0 Å². The van der Waals surface area contributed by atoms with Gasteiger partial charge in [-0.1, -0.05) is 36.4 Å². The summed E-state index contributed by atoms with van der Waals surface area (Å²) in [4.78, 5) is 6.72. The molecular weight excluding hydrogens is 420 g/mol. The Balaban J connectivity index is 1.47. The van der Waals surface area contributed by atoms with Gasteiger partial charge in [-0.2, -0.15) is 4.31 Å². The fraction of sp³-hybridized carbons (Fsp3) is 0.280. The largest absolute Gasteiger partial charge is 0.326 e. The molecule has 3 heterocycles. The van der Waals surface area contributed by atoms with Crippen molar-refractivity contribution in [3.63, 3.8) is 0 Å². The van der Waals surface area contributed by atoms with Gasteiger partial charge in [-0.25, -0.2) is 8.42 Å². The number of benzene rings is 2. The van der Waals surface area contributed by atoms with E-state index in [1.54, 1.807) is 0 Å². The van der Waals surface area contributed by atoms with Gasteiger partial charge in [0, 0.05) is 48.4 Å². The SMILES string of the molecule is Cc1ccc(N2CC=C3CN(S(C)(=O)=O)CCC3C2=N)cc1-c1cc2ccccc2cn1. The van der Waals surface area contributed by atoms with Crippen molar-refractivity contribution >= 4 is 32.3 Å². The van der Waals surface area contributed by atoms with Crippen LogP contribution < -0.4 is 4.90 Å². The van der Waals surface area contributed by atoms with Gasteiger partial charge < -0.3 is 4.90 Å². The molecule has 3 aromatic rings. The molecule has 1 unspecified atom stereocenters. The van der Waals surface area contributed by atoms with Crippen LogP contribution in [0.15, 0.2) is 66.4 Å². The van der Waals surface area contributed by atoms with Gasteiger partial charge in [0.25, 0.3) is 0 Å². The van der Waals surface area contributed by atoms with Gasteiger partial charge in [-0.15, -0.1) is 0 Å². The van der Waals surface area contributed by atoms with Gasteiger partial charge in [-0.3, -0.25) is 10.4 Å². The first kappa shape index (κ1) is 20.8. The maximum Gasteiger partial charge on any atom is 0.211 e. The quantitative estimate of drug-likeness (QED) is 0.611. The molecule has 7 heteroatoms. The highest BCUT2D eigenvalue weighted by Gasteiger charge is 2.35. The zero-order valence-corrected chi connectivity index (χ0v) is 19.1. The van der Waals surface area contributed by atoms with E-state index in [-0.39, 0.29) is 5.92 Å². The van der Waals surface area contributed by atoms with E-state index in [2.05, 4.69) is 49.4 Å². The Bertz CT molecular complexity index is 1360. The molecule has 1 saturated heterocycles. The summed E-state index contributed by atoms with van der Waals surface area (Å²) in [5.74, 6) is 0.502. The average Bonchev–Trinajstić information content (AvgIpc) is 2.79. The average molecular weight is 447 g/mol. The van der Waals surface area contributed by atoms with Gasteiger partial charge in [0.15, 0.2) is 0 Å². The summed E-state index contributed by atoms with van der Waals surface area (Å²) in [5.41, 5.74) is 5.11. The summed E-state index contributed by atoms with van der Waals surface area (Å²) in [6.45, 7) is 3.49. The molecular formula is C25H26N4O2S. The number of hydrogen-bond donors (Lipinski definition) is 1. The summed E-state index contributed by atoms with van der Waals surface area (Å²) < 4.78 is 25.4. The van der Waals surface area contributed by atoms with Gasteiger partial charge >= 0.3 is 0 Å². The molecule has 0 radical (unpaired) electrons. The molecule has 1 fully saturated rings. The van der Waals surface area contributed by atoms with E-state index in [0.717, 1.165) is 38.9 Å². The van der Waals surface area contributed by atoms with Crippen molar-refractivity contribution in [3.05, 3.63) is 71.9 Å². The van der Waals surface area contributed by atoms with E-state index in [9.17, 15) is 8.42 Å². The number of aryl methyl sites for hydroxylation is 1. The Morgan fingerprint density at radius 1 is 1.09 bits per heavy atom. The molecule has 32 heavy (non-hydrogen) atoms. The second-order valence-electron chi connectivity index (χ2n) is 8.63. The number of pyridine rings is 1. The molecule has 2 aliphatic heterocycles. The standard InChI is InChI=1S/C25H26N4O2S/c1-17-7-8-21(14-23(17)24-13-18-5-3-4-6-19(18)15-27-24)29-12-9-20-16-28(32(2,30)31)11-10-22(20)25(29)26/h3-9,13-15,22,26H,10-12,16H2,1-2H3. The third kappa shape index (κ3) is 3.72. The second-order valence-corrected chi connectivity index (χ2v) is 10.6. The van der Waals surface area contributed by atoms with Crippen LogP contribution in [0.1, 0.15) is 12.0 Å². The lowest BCUT2D eigenvalue weighted by Gasteiger charge is -2.40. The number of anilines is 1. The highest BCUT2D eigenvalue weighted by atomic mass is 32.2. The summed E-state index contributed by atoms with van der Waals surface area (Å²) >= 11 is 0. The number of nitrogens with zero attached hydrogens (tertiary/aromatic N) is 3. The maximum atomic E-state index is 11.9. The van der Waals surface area contributed by atoms with Gasteiger partial charge in [0.05, 0.1) is 11.9 Å². The minimum absolute atomic E-state index is 0.0368. The van der Waals surface area contributed by atoms with Crippen LogP contribution in [0.5, 0.6) is 0 Å². The van der Waals surface area contributed by atoms with Crippen LogP contribution in [-0.4, -0.2) is 49.4 Å². The molecule has 0 aliphatic carbocycles. The monoisotopic (exact) mass is 446 g/mol. The maximum absolute atomic E-state index is 11.9. The Kier molecular flexibility index (Phi) is 5.10. The Morgan fingerprint density at radius 2 is 1.88 bits per heavy atom. The van der Waals surface area contributed by atoms with Crippen LogP contribution in [0.3, 0.4) is 0 Å². The van der Waals surface area contributed by atoms with Crippen LogP contribution in [0, 0.1) is 18.3 Å². The van der Waals surface area contributed by atoms with Crippen molar-refractivity contribution in [1.29, 1.82) is 5.41 Å². The van der Waals surface area contributed by atoms with Gasteiger partial charge in [0.1, 0.15) is 5.84 Å². The van der Waals surface area contributed by atoms with E-state index in [4.69, 9.17) is 10.4 Å². The highest BCUT2D eigenvalue weighted by Crippen LogP contribution is 2.34. The smallest absolute Gasteiger partial charge is 0.211 e. The minimum atomic E-state index is -3.21. The van der Waals surface area contributed by atoms with Crippen LogP contribution in [0.25, 0.3) is 22.0 Å². The molecule has 164 valence electrons. The zero-order valence-electron chi connectivity index (χ0n) is 18.2. The predicted octanol–water partition coefficient (Wildman–Crippen LogP) is 4.22. The number of rotatable bonds is 3. The third-order valence-electron chi connectivity index (χ3n) is 6.54. The second kappa shape index (κ2) is 7.83. The molecule has 0 bridgehead atoms. The fourth-order valence-electron chi connectivity index (χ4n) is 4.68. The van der Waals surface area contributed by atoms with E-state index in [1.165, 1.54) is 10.6 Å². The fourth-order valence-corrected chi connectivity index (χ4v) is 5.50. The third-order valence-corrected chi connectivity index (χ3v) is 7.79. The number of piperidine rings is 1. The number of nitrogens with one attached hydrogen (secondary N) is 1. The molecule has 0 spiro atoms. The topological polar surface area (TPSA) is 77.4 Å². The molecule has 1 atom stereocenters.